The molecular weight excluding hydrogens is 214 g/mol. The van der Waals surface area contributed by atoms with E-state index in [1.807, 2.05) is 0 Å². The number of rotatable bonds is 2. The quantitative estimate of drug-likeness (QED) is 0.771. The van der Waals surface area contributed by atoms with Gasteiger partial charge in [0.15, 0.2) is 0 Å². The standard InChI is InChI=1S/C11H10F2N2O/c1-7(16)15(2)11(6-14)9-4-3-8(12)5-10(9)13/h3-5,11H,1-2H3. The fraction of sp³-hybridized carbons (Fsp3) is 0.273. The number of nitrogens with zero attached hydrogens (tertiary/aromatic N) is 2. The van der Waals surface area contributed by atoms with Crippen LogP contribution in [0.15, 0.2) is 18.2 Å². The van der Waals surface area contributed by atoms with Crippen LogP contribution in [0.5, 0.6) is 0 Å². The summed E-state index contributed by atoms with van der Waals surface area (Å²) in [7, 11) is 1.39. The molecule has 16 heavy (non-hydrogen) atoms. The first-order chi connectivity index (χ1) is 7.47. The van der Waals surface area contributed by atoms with Crippen molar-refractivity contribution in [1.82, 2.24) is 4.90 Å². The molecule has 0 fully saturated rings. The van der Waals surface area contributed by atoms with Crippen LogP contribution in [0.3, 0.4) is 0 Å². The Morgan fingerprint density at radius 1 is 1.50 bits per heavy atom. The van der Waals surface area contributed by atoms with Gasteiger partial charge in [0.25, 0.3) is 0 Å². The molecule has 84 valence electrons. The average molecular weight is 224 g/mol. The third kappa shape index (κ3) is 2.34. The van der Waals surface area contributed by atoms with Crippen LogP contribution >= 0.6 is 0 Å². The second-order valence-corrected chi connectivity index (χ2v) is 3.33. The van der Waals surface area contributed by atoms with E-state index in [0.717, 1.165) is 17.0 Å². The van der Waals surface area contributed by atoms with Crippen LogP contribution in [-0.4, -0.2) is 17.9 Å². The van der Waals surface area contributed by atoms with E-state index in [9.17, 15) is 13.6 Å². The van der Waals surface area contributed by atoms with E-state index < -0.39 is 17.7 Å². The number of carbonyl (C=O) groups is 1. The minimum Gasteiger partial charge on any atom is -0.326 e. The van der Waals surface area contributed by atoms with Gasteiger partial charge in [-0.3, -0.25) is 4.79 Å². The summed E-state index contributed by atoms with van der Waals surface area (Å²) in [5.41, 5.74) is -0.0124. The van der Waals surface area contributed by atoms with Crippen molar-refractivity contribution in [2.75, 3.05) is 7.05 Å². The minimum atomic E-state index is -1.04. The summed E-state index contributed by atoms with van der Waals surface area (Å²) in [4.78, 5) is 12.2. The molecule has 1 unspecified atom stereocenters. The molecule has 5 heteroatoms. The van der Waals surface area contributed by atoms with Crippen LogP contribution in [0.4, 0.5) is 8.78 Å². The highest BCUT2D eigenvalue weighted by Gasteiger charge is 2.22. The Hall–Kier alpha value is -1.96. The molecule has 0 saturated carbocycles. The van der Waals surface area contributed by atoms with Gasteiger partial charge >= 0.3 is 0 Å². The van der Waals surface area contributed by atoms with Crippen molar-refractivity contribution in [2.45, 2.75) is 13.0 Å². The van der Waals surface area contributed by atoms with E-state index in [2.05, 4.69) is 0 Å². The summed E-state index contributed by atoms with van der Waals surface area (Å²) in [6, 6.07) is 3.66. The largest absolute Gasteiger partial charge is 0.326 e. The Morgan fingerprint density at radius 2 is 2.12 bits per heavy atom. The fourth-order valence-electron chi connectivity index (χ4n) is 1.27. The van der Waals surface area contributed by atoms with Gasteiger partial charge in [0.05, 0.1) is 6.07 Å². The van der Waals surface area contributed by atoms with Crippen molar-refractivity contribution >= 4 is 5.91 Å². The van der Waals surface area contributed by atoms with Crippen LogP contribution in [-0.2, 0) is 4.79 Å². The van der Waals surface area contributed by atoms with E-state index >= 15 is 0 Å². The molecule has 0 aliphatic carbocycles. The first-order valence-corrected chi connectivity index (χ1v) is 4.55. The van der Waals surface area contributed by atoms with Gasteiger partial charge < -0.3 is 4.90 Å². The summed E-state index contributed by atoms with van der Waals surface area (Å²) in [6.07, 6.45) is 0. The number of hydrogen-bond acceptors (Lipinski definition) is 2. The highest BCUT2D eigenvalue weighted by Crippen LogP contribution is 2.22. The van der Waals surface area contributed by atoms with Gasteiger partial charge in [-0.05, 0) is 6.07 Å². The van der Waals surface area contributed by atoms with E-state index in [-0.39, 0.29) is 11.5 Å². The molecule has 3 nitrogen and oxygen atoms in total. The van der Waals surface area contributed by atoms with Gasteiger partial charge in [0.2, 0.25) is 5.91 Å². The number of benzene rings is 1. The SMILES string of the molecule is CC(=O)N(C)C(C#N)c1ccc(F)cc1F. The monoisotopic (exact) mass is 224 g/mol. The predicted molar refractivity (Wildman–Crippen MR) is 53.2 cm³/mol. The number of carbonyl (C=O) groups excluding carboxylic acids is 1. The highest BCUT2D eigenvalue weighted by atomic mass is 19.1. The second-order valence-electron chi connectivity index (χ2n) is 3.33. The molecule has 0 spiro atoms. The van der Waals surface area contributed by atoms with Gasteiger partial charge in [0, 0.05) is 25.6 Å². The third-order valence-electron chi connectivity index (χ3n) is 2.26. The number of amides is 1. The number of nitriles is 1. The lowest BCUT2D eigenvalue weighted by atomic mass is 10.1. The van der Waals surface area contributed by atoms with Gasteiger partial charge in [-0.2, -0.15) is 5.26 Å². The maximum absolute atomic E-state index is 13.4. The average Bonchev–Trinajstić information content (AvgIpc) is 2.21. The summed E-state index contributed by atoms with van der Waals surface area (Å²) < 4.78 is 26.1. The highest BCUT2D eigenvalue weighted by molar-refractivity contribution is 5.73. The molecule has 0 aliphatic heterocycles. The lowest BCUT2D eigenvalue weighted by molar-refractivity contribution is -0.128. The van der Waals surface area contributed by atoms with Gasteiger partial charge in [0.1, 0.15) is 17.7 Å². The van der Waals surface area contributed by atoms with Crippen LogP contribution in [0.1, 0.15) is 18.5 Å². The molecule has 0 aliphatic rings. The van der Waals surface area contributed by atoms with E-state index in [0.29, 0.717) is 6.07 Å². The molecule has 1 amide bonds. The summed E-state index contributed by atoms with van der Waals surface area (Å²) >= 11 is 0. The molecule has 1 aromatic carbocycles. The first kappa shape index (κ1) is 12.1. The van der Waals surface area contributed by atoms with Crippen molar-refractivity contribution in [1.29, 1.82) is 5.26 Å². The van der Waals surface area contributed by atoms with Crippen molar-refractivity contribution in [3.8, 4) is 6.07 Å². The molecule has 0 heterocycles. The maximum atomic E-state index is 13.4. The molecule has 0 radical (unpaired) electrons. The molecule has 1 rings (SSSR count). The lowest BCUT2D eigenvalue weighted by Crippen LogP contribution is -2.28. The summed E-state index contributed by atoms with van der Waals surface area (Å²) in [6.45, 7) is 1.27. The molecule has 1 atom stereocenters. The van der Waals surface area contributed by atoms with Crippen molar-refractivity contribution in [3.05, 3.63) is 35.4 Å². The second kappa shape index (κ2) is 4.71. The molecule has 0 aromatic heterocycles. The number of halogens is 2. The zero-order valence-electron chi connectivity index (χ0n) is 8.87. The summed E-state index contributed by atoms with van der Waals surface area (Å²) in [5, 5.41) is 8.89. The van der Waals surface area contributed by atoms with Crippen LogP contribution in [0.2, 0.25) is 0 Å². The van der Waals surface area contributed by atoms with E-state index in [1.54, 1.807) is 6.07 Å². The van der Waals surface area contributed by atoms with Crippen molar-refractivity contribution < 1.29 is 13.6 Å². The molecular formula is C11H10F2N2O. The fourth-order valence-corrected chi connectivity index (χ4v) is 1.27. The predicted octanol–water partition coefficient (Wildman–Crippen LogP) is 2.01. The number of hydrogen-bond donors (Lipinski definition) is 0. The zero-order chi connectivity index (χ0) is 12.3. The van der Waals surface area contributed by atoms with Gasteiger partial charge in [-0.25, -0.2) is 8.78 Å². The smallest absolute Gasteiger partial charge is 0.220 e. The van der Waals surface area contributed by atoms with E-state index in [1.165, 1.54) is 14.0 Å². The molecule has 0 bridgehead atoms. The Morgan fingerprint density at radius 3 is 2.56 bits per heavy atom. The third-order valence-corrected chi connectivity index (χ3v) is 2.26. The Bertz CT molecular complexity index is 454. The Kier molecular flexibility index (Phi) is 3.56. The zero-order valence-corrected chi connectivity index (χ0v) is 8.87. The minimum absolute atomic E-state index is 0.0124. The molecule has 0 N–H and O–H groups in total. The first-order valence-electron chi connectivity index (χ1n) is 4.55. The van der Waals surface area contributed by atoms with Gasteiger partial charge in [-0.1, -0.05) is 6.07 Å². The van der Waals surface area contributed by atoms with Crippen LogP contribution in [0, 0.1) is 23.0 Å². The Balaban J connectivity index is 3.15. The Labute approximate surface area is 91.9 Å². The van der Waals surface area contributed by atoms with Crippen LogP contribution in [0.25, 0.3) is 0 Å². The maximum Gasteiger partial charge on any atom is 0.220 e. The molecule has 0 saturated heterocycles. The van der Waals surface area contributed by atoms with Crippen molar-refractivity contribution in [2.24, 2.45) is 0 Å². The topological polar surface area (TPSA) is 44.1 Å². The lowest BCUT2D eigenvalue weighted by Gasteiger charge is -2.21. The normalized spacial score (nSPS) is 11.7. The summed E-state index contributed by atoms with van der Waals surface area (Å²) in [5.74, 6) is -1.92. The van der Waals surface area contributed by atoms with E-state index in [4.69, 9.17) is 5.26 Å². The van der Waals surface area contributed by atoms with Crippen molar-refractivity contribution in [3.63, 3.8) is 0 Å². The molecule has 1 aromatic rings. The van der Waals surface area contributed by atoms with Crippen LogP contribution < -0.4 is 0 Å². The van der Waals surface area contributed by atoms with Gasteiger partial charge in [-0.15, -0.1) is 0 Å².